The predicted molar refractivity (Wildman–Crippen MR) is 61.2 cm³/mol. The van der Waals surface area contributed by atoms with Crippen molar-refractivity contribution in [3.63, 3.8) is 0 Å². The number of hydrogen-bond acceptors (Lipinski definition) is 4. The van der Waals surface area contributed by atoms with Crippen LogP contribution in [0.2, 0.25) is 5.02 Å². The summed E-state index contributed by atoms with van der Waals surface area (Å²) < 4.78 is 58.5. The highest BCUT2D eigenvalue weighted by Crippen LogP contribution is 2.39. The molecule has 0 spiro atoms. The molecule has 3 N–H and O–H groups in total. The molecule has 0 aliphatic heterocycles. The molecule has 1 rings (SSSR count). The summed E-state index contributed by atoms with van der Waals surface area (Å²) in [5.41, 5.74) is -0.0643. The first kappa shape index (κ1) is 15.7. The molecular formula is C8H9ClF3NO3S2. The second kappa shape index (κ2) is 5.33. The Kier molecular flexibility index (Phi) is 4.65. The topological polar surface area (TPSA) is 80.4 Å². The zero-order chi connectivity index (χ0) is 14.1. The van der Waals surface area contributed by atoms with E-state index in [-0.39, 0.29) is 10.6 Å². The van der Waals surface area contributed by atoms with Crippen molar-refractivity contribution in [3.8, 4) is 0 Å². The Labute approximate surface area is 110 Å². The van der Waals surface area contributed by atoms with Crippen molar-refractivity contribution in [1.82, 2.24) is 0 Å². The SMILES string of the molecule is NS(=O)(=O)c1scc(C(CO)CC(F)(F)F)c1Cl. The van der Waals surface area contributed by atoms with E-state index in [2.05, 4.69) is 0 Å². The molecule has 0 saturated heterocycles. The van der Waals surface area contributed by atoms with Crippen LogP contribution in [-0.4, -0.2) is 26.3 Å². The van der Waals surface area contributed by atoms with Crippen LogP contribution >= 0.6 is 22.9 Å². The fourth-order valence-corrected chi connectivity index (χ4v) is 3.90. The molecule has 0 aliphatic carbocycles. The van der Waals surface area contributed by atoms with Crippen molar-refractivity contribution >= 4 is 33.0 Å². The van der Waals surface area contributed by atoms with Gasteiger partial charge in [0.2, 0.25) is 10.0 Å². The Balaban J connectivity index is 3.13. The lowest BCUT2D eigenvalue weighted by Crippen LogP contribution is -2.17. The maximum atomic E-state index is 12.3. The zero-order valence-electron chi connectivity index (χ0n) is 8.74. The first-order valence-electron chi connectivity index (χ1n) is 4.53. The molecule has 0 radical (unpaired) electrons. The van der Waals surface area contributed by atoms with Gasteiger partial charge in [-0.15, -0.1) is 11.3 Å². The van der Waals surface area contributed by atoms with E-state index in [9.17, 15) is 21.6 Å². The quantitative estimate of drug-likeness (QED) is 0.890. The molecule has 1 atom stereocenters. The molecule has 0 aliphatic rings. The highest BCUT2D eigenvalue weighted by atomic mass is 35.5. The van der Waals surface area contributed by atoms with E-state index in [1.807, 2.05) is 0 Å². The van der Waals surface area contributed by atoms with Crippen molar-refractivity contribution in [2.45, 2.75) is 22.7 Å². The van der Waals surface area contributed by atoms with Gasteiger partial charge < -0.3 is 5.11 Å². The van der Waals surface area contributed by atoms with Crippen LogP contribution in [0.3, 0.4) is 0 Å². The maximum Gasteiger partial charge on any atom is 0.389 e. The highest BCUT2D eigenvalue weighted by Gasteiger charge is 2.34. The summed E-state index contributed by atoms with van der Waals surface area (Å²) in [6.45, 7) is -0.792. The second-order valence-electron chi connectivity index (χ2n) is 3.54. The van der Waals surface area contributed by atoms with Gasteiger partial charge in [-0.3, -0.25) is 0 Å². The van der Waals surface area contributed by atoms with Gasteiger partial charge in [-0.25, -0.2) is 13.6 Å². The van der Waals surface area contributed by atoms with Crippen LogP contribution in [0.15, 0.2) is 9.59 Å². The van der Waals surface area contributed by atoms with Crippen LogP contribution in [-0.2, 0) is 10.0 Å². The van der Waals surface area contributed by atoms with Gasteiger partial charge in [0, 0.05) is 5.92 Å². The molecule has 0 fully saturated rings. The molecular weight excluding hydrogens is 315 g/mol. The number of hydrogen-bond donors (Lipinski definition) is 2. The number of thiophene rings is 1. The summed E-state index contributed by atoms with van der Waals surface area (Å²) >= 11 is 6.31. The second-order valence-corrected chi connectivity index (χ2v) is 6.55. The van der Waals surface area contributed by atoms with Crippen LogP contribution in [0.1, 0.15) is 17.9 Å². The van der Waals surface area contributed by atoms with Crippen LogP contribution < -0.4 is 5.14 Å². The summed E-state index contributed by atoms with van der Waals surface area (Å²) in [7, 11) is -4.07. The Hall–Kier alpha value is -0.350. The number of aliphatic hydroxyl groups excluding tert-OH is 1. The lowest BCUT2D eigenvalue weighted by atomic mass is 9.99. The number of aliphatic hydroxyl groups is 1. The number of alkyl halides is 3. The molecule has 0 amide bonds. The average Bonchev–Trinajstić information content (AvgIpc) is 2.54. The normalized spacial score (nSPS) is 14.8. The Morgan fingerprint density at radius 3 is 2.39 bits per heavy atom. The molecule has 1 aromatic rings. The fourth-order valence-electron chi connectivity index (χ4n) is 1.36. The molecule has 18 heavy (non-hydrogen) atoms. The molecule has 0 aromatic carbocycles. The van der Waals surface area contributed by atoms with Gasteiger partial charge in [-0.1, -0.05) is 11.6 Å². The number of halogens is 4. The lowest BCUT2D eigenvalue weighted by Gasteiger charge is -2.15. The Morgan fingerprint density at radius 2 is 2.06 bits per heavy atom. The van der Waals surface area contributed by atoms with E-state index >= 15 is 0 Å². The third-order valence-electron chi connectivity index (χ3n) is 2.12. The van der Waals surface area contributed by atoms with Crippen LogP contribution in [0.5, 0.6) is 0 Å². The van der Waals surface area contributed by atoms with Crippen molar-refractivity contribution in [3.05, 3.63) is 16.0 Å². The summed E-state index contributed by atoms with van der Waals surface area (Å²) in [6.07, 6.45) is -5.77. The van der Waals surface area contributed by atoms with Crippen LogP contribution in [0.25, 0.3) is 0 Å². The molecule has 1 unspecified atom stereocenters. The van der Waals surface area contributed by atoms with Crippen LogP contribution in [0, 0.1) is 0 Å². The van der Waals surface area contributed by atoms with Crippen LogP contribution in [0.4, 0.5) is 13.2 Å². The van der Waals surface area contributed by atoms with E-state index in [1.54, 1.807) is 0 Å². The van der Waals surface area contributed by atoms with Crippen molar-refractivity contribution < 1.29 is 26.7 Å². The smallest absolute Gasteiger partial charge is 0.389 e. The monoisotopic (exact) mass is 323 g/mol. The largest absolute Gasteiger partial charge is 0.396 e. The minimum atomic E-state index is -4.49. The third-order valence-corrected chi connectivity index (χ3v) is 5.25. The fraction of sp³-hybridized carbons (Fsp3) is 0.500. The van der Waals surface area contributed by atoms with Gasteiger partial charge in [-0.05, 0) is 10.9 Å². The van der Waals surface area contributed by atoms with Gasteiger partial charge >= 0.3 is 6.18 Å². The number of primary sulfonamides is 1. The highest BCUT2D eigenvalue weighted by molar-refractivity contribution is 7.91. The van der Waals surface area contributed by atoms with Gasteiger partial charge in [0.1, 0.15) is 0 Å². The van der Waals surface area contributed by atoms with Gasteiger partial charge in [0.15, 0.2) is 4.21 Å². The predicted octanol–water partition coefficient (Wildman–Crippen LogP) is 2.08. The Morgan fingerprint density at radius 1 is 1.50 bits per heavy atom. The van der Waals surface area contributed by atoms with Crippen molar-refractivity contribution in [1.29, 1.82) is 0 Å². The van der Waals surface area contributed by atoms with Gasteiger partial charge in [-0.2, -0.15) is 13.2 Å². The van der Waals surface area contributed by atoms with Crippen molar-refractivity contribution in [2.24, 2.45) is 5.14 Å². The minimum absolute atomic E-state index is 0.0643. The summed E-state index contributed by atoms with van der Waals surface area (Å²) in [6, 6.07) is 0. The summed E-state index contributed by atoms with van der Waals surface area (Å²) in [5.74, 6) is -1.30. The zero-order valence-corrected chi connectivity index (χ0v) is 11.1. The number of rotatable bonds is 4. The van der Waals surface area contributed by atoms with E-state index in [4.69, 9.17) is 21.8 Å². The third kappa shape index (κ3) is 3.82. The maximum absolute atomic E-state index is 12.3. The molecule has 1 aromatic heterocycles. The van der Waals surface area contributed by atoms with E-state index in [1.165, 1.54) is 0 Å². The number of nitrogens with two attached hydrogens (primary N) is 1. The van der Waals surface area contributed by atoms with E-state index in [0.29, 0.717) is 11.3 Å². The van der Waals surface area contributed by atoms with E-state index in [0.717, 1.165) is 5.38 Å². The first-order chi connectivity index (χ1) is 8.06. The molecule has 104 valence electrons. The lowest BCUT2D eigenvalue weighted by molar-refractivity contribution is -0.140. The molecule has 0 bridgehead atoms. The summed E-state index contributed by atoms with van der Waals surface area (Å²) in [4.78, 5) is 0. The molecule has 0 saturated carbocycles. The van der Waals surface area contributed by atoms with E-state index < -0.39 is 39.4 Å². The van der Waals surface area contributed by atoms with Gasteiger partial charge in [0.05, 0.1) is 18.1 Å². The van der Waals surface area contributed by atoms with Gasteiger partial charge in [0.25, 0.3) is 0 Å². The van der Waals surface area contributed by atoms with Crippen molar-refractivity contribution in [2.75, 3.05) is 6.61 Å². The molecule has 4 nitrogen and oxygen atoms in total. The Bertz CT molecular complexity index is 526. The molecule has 1 heterocycles. The minimum Gasteiger partial charge on any atom is -0.396 e. The average molecular weight is 324 g/mol. The number of sulfonamides is 1. The molecule has 10 heteroatoms. The standard InChI is InChI=1S/C8H9ClF3NO3S2/c9-6-5(3-17-7(6)18(13,15)16)4(2-14)1-8(10,11)12/h3-4,14H,1-2H2,(H2,13,15,16). The summed E-state index contributed by atoms with van der Waals surface area (Å²) in [5, 5.41) is 14.6. The first-order valence-corrected chi connectivity index (χ1v) is 7.34.